The molecule has 3 aromatic rings. The quantitative estimate of drug-likeness (QED) is 0.439. The number of carbonyl (C=O) groups excluding carboxylic acids is 1. The number of nitrogens with zero attached hydrogens (tertiary/aromatic N) is 3. The molecule has 1 aliphatic carbocycles. The summed E-state index contributed by atoms with van der Waals surface area (Å²) in [6.45, 7) is 6.79. The van der Waals surface area contributed by atoms with Crippen LogP contribution < -0.4 is 0 Å². The van der Waals surface area contributed by atoms with Gasteiger partial charge < -0.3 is 14.6 Å². The molecule has 1 fully saturated rings. The Morgan fingerprint density at radius 2 is 2.03 bits per heavy atom. The molecule has 1 amide bonds. The van der Waals surface area contributed by atoms with Crippen LogP contribution in [0.4, 0.5) is 13.2 Å². The second-order valence-corrected chi connectivity index (χ2v) is 12.0. The standard InChI is InChI=1S/C27H30F3N3O3S/c1-25(2)17(6-8-26(25,3)24(35)36)12-22(34)32-10-7-18-19-5-4-9-31-23(19)33(20(18)14-32)13-16-11-21(37-15-16)27(28,29)30/h4-5,9,11,15,17H,6-8,10,12-14H2,1-3H3,(H,35,36)/t17-,26+/m1/s1. The molecule has 4 heterocycles. The summed E-state index contributed by atoms with van der Waals surface area (Å²) in [4.78, 5) is 31.1. The normalized spacial score (nSPS) is 23.4. The van der Waals surface area contributed by atoms with Crippen LogP contribution in [0.1, 0.15) is 61.7 Å². The van der Waals surface area contributed by atoms with E-state index in [2.05, 4.69) is 4.98 Å². The number of pyridine rings is 1. The van der Waals surface area contributed by atoms with E-state index in [0.717, 1.165) is 16.6 Å². The molecule has 0 aromatic carbocycles. The van der Waals surface area contributed by atoms with Crippen molar-refractivity contribution in [2.24, 2.45) is 16.7 Å². The summed E-state index contributed by atoms with van der Waals surface area (Å²) in [6, 6.07) is 5.00. The molecule has 198 valence electrons. The van der Waals surface area contributed by atoms with Crippen molar-refractivity contribution in [1.29, 1.82) is 0 Å². The van der Waals surface area contributed by atoms with Crippen LogP contribution in [0.25, 0.3) is 11.0 Å². The minimum atomic E-state index is -4.38. The Labute approximate surface area is 217 Å². The van der Waals surface area contributed by atoms with Crippen LogP contribution in [0, 0.1) is 16.7 Å². The van der Waals surface area contributed by atoms with Crippen molar-refractivity contribution in [1.82, 2.24) is 14.5 Å². The molecule has 0 spiro atoms. The van der Waals surface area contributed by atoms with E-state index < -0.39 is 27.9 Å². The van der Waals surface area contributed by atoms with E-state index in [1.54, 1.807) is 18.0 Å². The van der Waals surface area contributed by atoms with E-state index in [-0.39, 0.29) is 24.8 Å². The predicted molar refractivity (Wildman–Crippen MR) is 134 cm³/mol. The number of carboxylic acids is 1. The first-order chi connectivity index (χ1) is 17.3. The molecular formula is C27H30F3N3O3S. The summed E-state index contributed by atoms with van der Waals surface area (Å²) in [5.41, 5.74) is 1.83. The maximum atomic E-state index is 13.5. The summed E-state index contributed by atoms with van der Waals surface area (Å²) in [7, 11) is 0. The van der Waals surface area contributed by atoms with Crippen molar-refractivity contribution in [3.8, 4) is 0 Å². The second-order valence-electron chi connectivity index (χ2n) is 11.1. The number of amides is 1. The monoisotopic (exact) mass is 533 g/mol. The van der Waals surface area contributed by atoms with Gasteiger partial charge in [0.25, 0.3) is 0 Å². The van der Waals surface area contributed by atoms with E-state index in [1.807, 2.05) is 30.5 Å². The number of thiophene rings is 1. The van der Waals surface area contributed by atoms with Crippen LogP contribution in [-0.2, 0) is 35.3 Å². The molecular weight excluding hydrogens is 503 g/mol. The number of fused-ring (bicyclic) bond motifs is 3. The third-order valence-electron chi connectivity index (χ3n) is 8.97. The van der Waals surface area contributed by atoms with Crippen LogP contribution >= 0.6 is 11.3 Å². The van der Waals surface area contributed by atoms with Crippen LogP contribution in [-0.4, -0.2) is 38.0 Å². The molecule has 37 heavy (non-hydrogen) atoms. The van der Waals surface area contributed by atoms with E-state index in [4.69, 9.17) is 0 Å². The van der Waals surface area contributed by atoms with Gasteiger partial charge in [-0.3, -0.25) is 9.59 Å². The van der Waals surface area contributed by atoms with Crippen LogP contribution in [0.5, 0.6) is 0 Å². The third-order valence-corrected chi connectivity index (χ3v) is 9.99. The Bertz CT molecular complexity index is 1380. The highest BCUT2D eigenvalue weighted by Gasteiger charge is 2.56. The van der Waals surface area contributed by atoms with Gasteiger partial charge in [0.1, 0.15) is 10.5 Å². The Hall–Kier alpha value is -2.88. The molecule has 2 atom stereocenters. The number of halogens is 3. The molecule has 1 aliphatic heterocycles. The Balaban J connectivity index is 1.41. The van der Waals surface area contributed by atoms with Crippen molar-refractivity contribution in [3.63, 3.8) is 0 Å². The number of aromatic nitrogens is 2. The van der Waals surface area contributed by atoms with Gasteiger partial charge >= 0.3 is 12.1 Å². The first-order valence-electron chi connectivity index (χ1n) is 12.4. The molecule has 0 bridgehead atoms. The summed E-state index contributed by atoms with van der Waals surface area (Å²) >= 11 is 0.681. The summed E-state index contributed by atoms with van der Waals surface area (Å²) in [5.74, 6) is -0.881. The van der Waals surface area contributed by atoms with E-state index in [9.17, 15) is 27.9 Å². The van der Waals surface area contributed by atoms with Crippen molar-refractivity contribution < 1.29 is 27.9 Å². The molecule has 0 saturated heterocycles. The van der Waals surface area contributed by atoms with Crippen LogP contribution in [0.15, 0.2) is 29.8 Å². The lowest BCUT2D eigenvalue weighted by molar-refractivity contribution is -0.155. The molecule has 0 radical (unpaired) electrons. The lowest BCUT2D eigenvalue weighted by Crippen LogP contribution is -2.43. The molecule has 3 aromatic heterocycles. The van der Waals surface area contributed by atoms with Crippen LogP contribution in [0.2, 0.25) is 0 Å². The largest absolute Gasteiger partial charge is 0.481 e. The summed E-state index contributed by atoms with van der Waals surface area (Å²) < 4.78 is 41.5. The van der Waals surface area contributed by atoms with Gasteiger partial charge in [-0.25, -0.2) is 4.98 Å². The first-order valence-corrected chi connectivity index (χ1v) is 13.3. The molecule has 5 rings (SSSR count). The minimum Gasteiger partial charge on any atom is -0.481 e. The molecule has 2 aliphatic rings. The average molecular weight is 534 g/mol. The van der Waals surface area contributed by atoms with Crippen molar-refractivity contribution in [2.75, 3.05) is 6.54 Å². The number of hydrogen-bond acceptors (Lipinski definition) is 4. The molecule has 0 unspecified atom stereocenters. The fraction of sp³-hybridized carbons (Fsp3) is 0.519. The first kappa shape index (κ1) is 25.8. The number of carboxylic acid groups (broad SMARTS) is 1. The zero-order chi connectivity index (χ0) is 26.8. The van der Waals surface area contributed by atoms with Gasteiger partial charge in [0.2, 0.25) is 5.91 Å². The summed E-state index contributed by atoms with van der Waals surface area (Å²) in [6.07, 6.45) is -0.572. The van der Waals surface area contributed by atoms with Gasteiger partial charge in [0.15, 0.2) is 0 Å². The Morgan fingerprint density at radius 1 is 1.27 bits per heavy atom. The van der Waals surface area contributed by atoms with E-state index in [1.165, 1.54) is 11.4 Å². The van der Waals surface area contributed by atoms with Gasteiger partial charge in [-0.05, 0) is 72.2 Å². The molecule has 6 nitrogen and oxygen atoms in total. The maximum absolute atomic E-state index is 13.5. The zero-order valence-electron chi connectivity index (χ0n) is 21.1. The maximum Gasteiger partial charge on any atom is 0.425 e. The van der Waals surface area contributed by atoms with Crippen molar-refractivity contribution in [3.05, 3.63) is 51.5 Å². The van der Waals surface area contributed by atoms with Crippen molar-refractivity contribution >= 4 is 34.2 Å². The fourth-order valence-electron chi connectivity index (χ4n) is 6.11. The summed E-state index contributed by atoms with van der Waals surface area (Å²) in [5, 5.41) is 12.3. The highest BCUT2D eigenvalue weighted by Crippen LogP contribution is 2.57. The third kappa shape index (κ3) is 4.23. The van der Waals surface area contributed by atoms with Gasteiger partial charge in [-0.15, -0.1) is 11.3 Å². The number of carbonyl (C=O) groups is 2. The molecule has 10 heteroatoms. The van der Waals surface area contributed by atoms with Gasteiger partial charge in [0, 0.05) is 30.2 Å². The fourth-order valence-corrected chi connectivity index (χ4v) is 6.88. The Morgan fingerprint density at radius 3 is 2.68 bits per heavy atom. The smallest absolute Gasteiger partial charge is 0.425 e. The topological polar surface area (TPSA) is 75.4 Å². The van der Waals surface area contributed by atoms with Gasteiger partial charge in [-0.1, -0.05) is 13.8 Å². The number of alkyl halides is 3. The molecule has 1 saturated carbocycles. The SMILES string of the molecule is CC1(C)[C@@H](CC(=O)N2CCc3c(n(Cc4csc(C(F)(F)F)c4)c4ncccc34)C2)CC[C@@]1(C)C(=O)O. The number of rotatable bonds is 5. The van der Waals surface area contributed by atoms with Gasteiger partial charge in [0.05, 0.1) is 18.5 Å². The minimum absolute atomic E-state index is 0.0157. The number of hydrogen-bond donors (Lipinski definition) is 1. The zero-order valence-corrected chi connectivity index (χ0v) is 21.9. The lowest BCUT2D eigenvalue weighted by Gasteiger charge is -2.39. The van der Waals surface area contributed by atoms with E-state index in [0.29, 0.717) is 54.9 Å². The predicted octanol–water partition coefficient (Wildman–Crippen LogP) is 5.97. The molecule has 1 N–H and O–H groups in total. The van der Waals surface area contributed by atoms with Crippen LogP contribution in [0.3, 0.4) is 0 Å². The highest BCUT2D eigenvalue weighted by atomic mass is 32.1. The highest BCUT2D eigenvalue weighted by molar-refractivity contribution is 7.10. The average Bonchev–Trinajstić information content (AvgIpc) is 3.50. The lowest BCUT2D eigenvalue weighted by atomic mass is 9.65. The van der Waals surface area contributed by atoms with Gasteiger partial charge in [-0.2, -0.15) is 13.2 Å². The second kappa shape index (κ2) is 8.85. The Kier molecular flexibility index (Phi) is 6.16. The number of aliphatic carboxylic acids is 1. The van der Waals surface area contributed by atoms with Crippen molar-refractivity contribution in [2.45, 2.75) is 65.7 Å². The van der Waals surface area contributed by atoms with E-state index >= 15 is 0 Å².